The van der Waals surface area contributed by atoms with Crippen LogP contribution in [0, 0.1) is 5.92 Å². The SMILES string of the molecule is C[C@@H]1C(=O)O[C@H](COC(=O)c2ccco2)C1OC(=O)c1ccco1. The van der Waals surface area contributed by atoms with Crippen LogP contribution in [0.25, 0.3) is 0 Å². The molecule has 2 aromatic rings. The Balaban J connectivity index is 1.63. The summed E-state index contributed by atoms with van der Waals surface area (Å²) in [6, 6.07) is 5.97. The smallest absolute Gasteiger partial charge is 0.374 e. The first-order chi connectivity index (χ1) is 11.6. The molecule has 3 rings (SSSR count). The molecule has 126 valence electrons. The Labute approximate surface area is 136 Å². The zero-order chi connectivity index (χ0) is 17.1. The molecule has 0 aromatic carbocycles. The number of rotatable bonds is 5. The standard InChI is InChI=1S/C16H14O8/c1-9-13(24-16(19)11-5-3-7-21-11)12(23-14(9)17)8-22-15(18)10-4-2-6-20-10/h2-7,9,12-13H,8H2,1H3/t9-,12+,13?/m0/s1. The number of carbonyl (C=O) groups is 3. The first-order valence-corrected chi connectivity index (χ1v) is 7.22. The van der Waals surface area contributed by atoms with Gasteiger partial charge in [-0.15, -0.1) is 0 Å². The van der Waals surface area contributed by atoms with Gasteiger partial charge in [0.15, 0.2) is 12.2 Å². The Morgan fingerprint density at radius 3 is 2.29 bits per heavy atom. The van der Waals surface area contributed by atoms with E-state index < -0.39 is 36.0 Å². The van der Waals surface area contributed by atoms with Gasteiger partial charge in [-0.05, 0) is 31.2 Å². The quantitative estimate of drug-likeness (QED) is 0.602. The summed E-state index contributed by atoms with van der Waals surface area (Å²) in [6.07, 6.45) is 0.881. The predicted molar refractivity (Wildman–Crippen MR) is 75.9 cm³/mol. The third kappa shape index (κ3) is 3.17. The van der Waals surface area contributed by atoms with Crippen molar-refractivity contribution in [1.82, 2.24) is 0 Å². The Kier molecular flexibility index (Phi) is 4.37. The highest BCUT2D eigenvalue weighted by molar-refractivity contribution is 5.87. The molecule has 8 nitrogen and oxygen atoms in total. The topological polar surface area (TPSA) is 105 Å². The summed E-state index contributed by atoms with van der Waals surface area (Å²) in [5, 5.41) is 0. The maximum atomic E-state index is 12.0. The second-order valence-corrected chi connectivity index (χ2v) is 5.19. The largest absolute Gasteiger partial charge is 0.457 e. The first kappa shape index (κ1) is 15.9. The average Bonchev–Trinajstić information content (AvgIpc) is 3.31. The van der Waals surface area contributed by atoms with Crippen molar-refractivity contribution in [3.05, 3.63) is 48.3 Å². The molecule has 0 amide bonds. The van der Waals surface area contributed by atoms with Crippen LogP contribution in [0.15, 0.2) is 45.6 Å². The van der Waals surface area contributed by atoms with E-state index in [1.165, 1.54) is 24.7 Å². The van der Waals surface area contributed by atoms with E-state index in [4.69, 9.17) is 23.0 Å². The molecule has 0 spiro atoms. The van der Waals surface area contributed by atoms with Gasteiger partial charge < -0.3 is 23.0 Å². The van der Waals surface area contributed by atoms with Gasteiger partial charge in [0.05, 0.1) is 18.4 Å². The number of furan rings is 2. The average molecular weight is 334 g/mol. The third-order valence-corrected chi connectivity index (χ3v) is 3.57. The van der Waals surface area contributed by atoms with Crippen molar-refractivity contribution < 1.29 is 37.4 Å². The Hall–Kier alpha value is -3.03. The maximum Gasteiger partial charge on any atom is 0.374 e. The van der Waals surface area contributed by atoms with E-state index in [1.54, 1.807) is 19.1 Å². The van der Waals surface area contributed by atoms with Gasteiger partial charge in [0, 0.05) is 0 Å². The summed E-state index contributed by atoms with van der Waals surface area (Å²) in [6.45, 7) is 1.31. The van der Waals surface area contributed by atoms with Gasteiger partial charge in [0.1, 0.15) is 6.61 Å². The monoisotopic (exact) mass is 334 g/mol. The van der Waals surface area contributed by atoms with Crippen LogP contribution in [-0.2, 0) is 19.0 Å². The summed E-state index contributed by atoms with van der Waals surface area (Å²) in [4.78, 5) is 35.5. The van der Waals surface area contributed by atoms with Crippen molar-refractivity contribution in [3.63, 3.8) is 0 Å². The van der Waals surface area contributed by atoms with E-state index in [-0.39, 0.29) is 18.1 Å². The lowest BCUT2D eigenvalue weighted by atomic mass is 10.0. The molecule has 0 N–H and O–H groups in total. The molecular formula is C16H14O8. The molecule has 1 aliphatic heterocycles. The zero-order valence-corrected chi connectivity index (χ0v) is 12.7. The predicted octanol–water partition coefficient (Wildman–Crippen LogP) is 1.82. The van der Waals surface area contributed by atoms with Gasteiger partial charge in [-0.2, -0.15) is 0 Å². The number of hydrogen-bond donors (Lipinski definition) is 0. The molecule has 1 saturated heterocycles. The summed E-state index contributed by atoms with van der Waals surface area (Å²) in [5.41, 5.74) is 0. The van der Waals surface area contributed by atoms with Crippen molar-refractivity contribution >= 4 is 17.9 Å². The van der Waals surface area contributed by atoms with Crippen molar-refractivity contribution in [2.24, 2.45) is 5.92 Å². The molecule has 1 fully saturated rings. The van der Waals surface area contributed by atoms with E-state index in [0.717, 1.165) is 0 Å². The molecule has 0 aliphatic carbocycles. The molecule has 0 radical (unpaired) electrons. The number of ether oxygens (including phenoxy) is 3. The highest BCUT2D eigenvalue weighted by Gasteiger charge is 2.45. The zero-order valence-electron chi connectivity index (χ0n) is 12.7. The summed E-state index contributed by atoms with van der Waals surface area (Å²) in [5.74, 6) is -2.61. The van der Waals surface area contributed by atoms with Crippen LogP contribution in [0.3, 0.4) is 0 Å². The van der Waals surface area contributed by atoms with Crippen molar-refractivity contribution in [2.45, 2.75) is 19.1 Å². The number of carbonyl (C=O) groups excluding carboxylic acids is 3. The molecule has 0 saturated carbocycles. The number of cyclic esters (lactones) is 1. The van der Waals surface area contributed by atoms with Gasteiger partial charge in [-0.3, -0.25) is 4.79 Å². The minimum absolute atomic E-state index is 0.00730. The lowest BCUT2D eigenvalue weighted by molar-refractivity contribution is -0.145. The van der Waals surface area contributed by atoms with Gasteiger partial charge in [0.2, 0.25) is 11.5 Å². The highest BCUT2D eigenvalue weighted by atomic mass is 16.6. The van der Waals surface area contributed by atoms with Crippen LogP contribution in [0.5, 0.6) is 0 Å². The normalized spacial score (nSPS) is 22.9. The van der Waals surface area contributed by atoms with E-state index >= 15 is 0 Å². The van der Waals surface area contributed by atoms with Crippen molar-refractivity contribution in [1.29, 1.82) is 0 Å². The van der Waals surface area contributed by atoms with E-state index in [1.807, 2.05) is 0 Å². The lowest BCUT2D eigenvalue weighted by Gasteiger charge is -2.19. The minimum atomic E-state index is -0.898. The van der Waals surface area contributed by atoms with Crippen molar-refractivity contribution in [2.75, 3.05) is 6.61 Å². The molecule has 1 unspecified atom stereocenters. The lowest BCUT2D eigenvalue weighted by Crippen LogP contribution is -2.35. The van der Waals surface area contributed by atoms with E-state index in [9.17, 15) is 14.4 Å². The second-order valence-electron chi connectivity index (χ2n) is 5.19. The molecule has 3 heterocycles. The maximum absolute atomic E-state index is 12.0. The van der Waals surface area contributed by atoms with Gasteiger partial charge >= 0.3 is 17.9 Å². The van der Waals surface area contributed by atoms with Gasteiger partial charge in [0.25, 0.3) is 0 Å². The minimum Gasteiger partial charge on any atom is -0.457 e. The Morgan fingerprint density at radius 1 is 1.08 bits per heavy atom. The summed E-state index contributed by atoms with van der Waals surface area (Å²) in [7, 11) is 0. The second kappa shape index (κ2) is 6.61. The molecule has 3 atom stereocenters. The van der Waals surface area contributed by atoms with Gasteiger partial charge in [-0.1, -0.05) is 0 Å². The van der Waals surface area contributed by atoms with Gasteiger partial charge in [-0.25, -0.2) is 9.59 Å². The Bertz CT molecular complexity index is 715. The molecule has 1 aliphatic rings. The molecular weight excluding hydrogens is 320 g/mol. The summed E-state index contributed by atoms with van der Waals surface area (Å²) < 4.78 is 25.3. The fraction of sp³-hybridized carbons (Fsp3) is 0.312. The van der Waals surface area contributed by atoms with Crippen LogP contribution >= 0.6 is 0 Å². The van der Waals surface area contributed by atoms with Crippen LogP contribution < -0.4 is 0 Å². The van der Waals surface area contributed by atoms with Crippen molar-refractivity contribution in [3.8, 4) is 0 Å². The molecule has 24 heavy (non-hydrogen) atoms. The van der Waals surface area contributed by atoms with Crippen LogP contribution in [-0.4, -0.2) is 36.7 Å². The summed E-state index contributed by atoms with van der Waals surface area (Å²) >= 11 is 0. The van der Waals surface area contributed by atoms with E-state index in [2.05, 4.69) is 0 Å². The number of hydrogen-bond acceptors (Lipinski definition) is 8. The molecule has 0 bridgehead atoms. The van der Waals surface area contributed by atoms with Crippen LogP contribution in [0.1, 0.15) is 28.0 Å². The number of esters is 3. The molecule has 2 aromatic heterocycles. The van der Waals surface area contributed by atoms with Crippen LogP contribution in [0.2, 0.25) is 0 Å². The highest BCUT2D eigenvalue weighted by Crippen LogP contribution is 2.26. The molecule has 8 heteroatoms. The fourth-order valence-corrected chi connectivity index (χ4v) is 2.29. The van der Waals surface area contributed by atoms with E-state index in [0.29, 0.717) is 0 Å². The third-order valence-electron chi connectivity index (χ3n) is 3.57. The first-order valence-electron chi connectivity index (χ1n) is 7.22. The van der Waals surface area contributed by atoms with Crippen LogP contribution in [0.4, 0.5) is 0 Å². The fourth-order valence-electron chi connectivity index (χ4n) is 2.29. The Morgan fingerprint density at radius 2 is 1.71 bits per heavy atom.